The summed E-state index contributed by atoms with van der Waals surface area (Å²) in [6.45, 7) is 4.36. The third-order valence-corrected chi connectivity index (χ3v) is 5.70. The lowest BCUT2D eigenvalue weighted by molar-refractivity contribution is 0.102. The number of methoxy groups -OCH3 is 1. The minimum Gasteiger partial charge on any atom is -0.496 e. The maximum Gasteiger partial charge on any atom is 0.275 e. The number of rotatable bonds is 8. The fourth-order valence-corrected chi connectivity index (χ4v) is 4.35. The molecule has 170 valence electrons. The molecule has 0 atom stereocenters. The second-order valence-corrected chi connectivity index (χ2v) is 8.88. The Morgan fingerprint density at radius 2 is 1.91 bits per heavy atom. The monoisotopic (exact) mass is 464 g/mol. The Kier molecular flexibility index (Phi) is 6.69. The van der Waals surface area contributed by atoms with E-state index in [9.17, 15) is 9.59 Å². The summed E-state index contributed by atoms with van der Waals surface area (Å²) in [6, 6.07) is 15.4. The normalized spacial score (nSPS) is 11.0. The number of hydrogen-bond acceptors (Lipinski definition) is 7. The van der Waals surface area contributed by atoms with Crippen molar-refractivity contribution >= 4 is 27.9 Å². The summed E-state index contributed by atoms with van der Waals surface area (Å²) in [5, 5.41) is 8.08. The van der Waals surface area contributed by atoms with Crippen LogP contribution in [-0.2, 0) is 13.0 Å². The summed E-state index contributed by atoms with van der Waals surface area (Å²) in [5.41, 5.74) is 1.39. The number of aromatic nitrogens is 3. The number of fused-ring (bicyclic) bond motifs is 1. The number of benzene rings is 2. The third-order valence-electron chi connectivity index (χ3n) is 4.77. The van der Waals surface area contributed by atoms with Gasteiger partial charge in [-0.2, -0.15) is 9.61 Å². The molecular formula is C24H24N4O4S. The van der Waals surface area contributed by atoms with Crippen LogP contribution in [-0.4, -0.2) is 27.6 Å². The molecule has 0 bridgehead atoms. The predicted octanol–water partition coefficient (Wildman–Crippen LogP) is 4.19. The standard InChI is InChI=1S/C24H24N4O4S/c1-15(2)12-21-27-28-22(29)13-17(26-24(28)33-21)14-32-18-10-8-16(9-11-18)25-23(30)19-6-4-5-7-20(19)31-3/h4-11,13,15H,12,14H2,1-3H3,(H,25,30). The molecule has 0 saturated carbocycles. The van der Waals surface area contributed by atoms with E-state index >= 15 is 0 Å². The Balaban J connectivity index is 1.40. The van der Waals surface area contributed by atoms with Gasteiger partial charge in [-0.1, -0.05) is 37.3 Å². The van der Waals surface area contributed by atoms with Crippen molar-refractivity contribution in [3.63, 3.8) is 0 Å². The largest absolute Gasteiger partial charge is 0.496 e. The van der Waals surface area contributed by atoms with Crippen molar-refractivity contribution in [1.29, 1.82) is 0 Å². The number of para-hydroxylation sites is 1. The van der Waals surface area contributed by atoms with Crippen LogP contribution in [0.5, 0.6) is 11.5 Å². The molecule has 1 N–H and O–H groups in total. The number of hydrogen-bond donors (Lipinski definition) is 1. The number of carbonyl (C=O) groups is 1. The molecule has 8 nitrogen and oxygen atoms in total. The van der Waals surface area contributed by atoms with Gasteiger partial charge in [-0.05, 0) is 42.3 Å². The second-order valence-electron chi connectivity index (χ2n) is 7.84. The Bertz CT molecular complexity index is 1330. The molecule has 33 heavy (non-hydrogen) atoms. The van der Waals surface area contributed by atoms with Crippen LogP contribution >= 0.6 is 11.3 Å². The van der Waals surface area contributed by atoms with E-state index < -0.39 is 0 Å². The molecule has 0 aliphatic rings. The molecule has 1 amide bonds. The molecule has 0 fully saturated rings. The zero-order valence-corrected chi connectivity index (χ0v) is 19.4. The number of carbonyl (C=O) groups excluding carboxylic acids is 1. The van der Waals surface area contributed by atoms with Gasteiger partial charge in [0.05, 0.1) is 18.4 Å². The first-order valence-corrected chi connectivity index (χ1v) is 11.3. The summed E-state index contributed by atoms with van der Waals surface area (Å²) in [6.07, 6.45) is 0.805. The Hall–Kier alpha value is -3.72. The summed E-state index contributed by atoms with van der Waals surface area (Å²) in [4.78, 5) is 30.0. The molecule has 2 heterocycles. The topological polar surface area (TPSA) is 94.8 Å². The number of anilines is 1. The van der Waals surface area contributed by atoms with Crippen LogP contribution < -0.4 is 20.3 Å². The lowest BCUT2D eigenvalue weighted by Crippen LogP contribution is -2.16. The lowest BCUT2D eigenvalue weighted by atomic mass is 10.1. The van der Waals surface area contributed by atoms with Crippen LogP contribution in [0.1, 0.15) is 34.9 Å². The van der Waals surface area contributed by atoms with Gasteiger partial charge in [0.25, 0.3) is 11.5 Å². The van der Waals surface area contributed by atoms with E-state index in [1.165, 1.54) is 29.0 Å². The minimum atomic E-state index is -0.263. The number of amides is 1. The first-order chi connectivity index (χ1) is 15.9. The van der Waals surface area contributed by atoms with Gasteiger partial charge in [0.1, 0.15) is 23.1 Å². The maximum atomic E-state index is 12.5. The molecular weight excluding hydrogens is 440 g/mol. The Labute approximate surface area is 194 Å². The highest BCUT2D eigenvalue weighted by atomic mass is 32.1. The van der Waals surface area contributed by atoms with Gasteiger partial charge >= 0.3 is 0 Å². The summed E-state index contributed by atoms with van der Waals surface area (Å²) < 4.78 is 12.4. The van der Waals surface area contributed by atoms with E-state index in [1.54, 1.807) is 42.5 Å². The van der Waals surface area contributed by atoms with Gasteiger partial charge in [-0.25, -0.2) is 4.98 Å². The van der Waals surface area contributed by atoms with E-state index in [2.05, 4.69) is 29.2 Å². The Morgan fingerprint density at radius 1 is 1.15 bits per heavy atom. The van der Waals surface area contributed by atoms with Crippen molar-refractivity contribution in [1.82, 2.24) is 14.6 Å². The molecule has 0 radical (unpaired) electrons. The molecule has 0 spiro atoms. The molecule has 0 saturated heterocycles. The first kappa shape index (κ1) is 22.5. The highest BCUT2D eigenvalue weighted by molar-refractivity contribution is 7.16. The van der Waals surface area contributed by atoms with Gasteiger partial charge in [0, 0.05) is 18.2 Å². The Morgan fingerprint density at radius 3 is 2.64 bits per heavy atom. The van der Waals surface area contributed by atoms with Crippen molar-refractivity contribution in [2.75, 3.05) is 12.4 Å². The van der Waals surface area contributed by atoms with Gasteiger partial charge in [0.15, 0.2) is 0 Å². The predicted molar refractivity (Wildman–Crippen MR) is 127 cm³/mol. The SMILES string of the molecule is COc1ccccc1C(=O)Nc1ccc(OCc2cc(=O)n3nc(CC(C)C)sc3n2)cc1. The maximum absolute atomic E-state index is 12.5. The average molecular weight is 465 g/mol. The smallest absolute Gasteiger partial charge is 0.275 e. The van der Waals surface area contributed by atoms with Crippen molar-refractivity contribution in [2.24, 2.45) is 5.92 Å². The summed E-state index contributed by atoms with van der Waals surface area (Å²) in [7, 11) is 1.53. The fraction of sp³-hybridized carbons (Fsp3) is 0.250. The average Bonchev–Trinajstić information content (AvgIpc) is 3.20. The van der Waals surface area contributed by atoms with Gasteiger partial charge in [-0.3, -0.25) is 9.59 Å². The molecule has 4 aromatic rings. The molecule has 0 aliphatic carbocycles. The van der Waals surface area contributed by atoms with E-state index in [1.807, 2.05) is 6.07 Å². The highest BCUT2D eigenvalue weighted by Gasteiger charge is 2.13. The van der Waals surface area contributed by atoms with Gasteiger partial charge < -0.3 is 14.8 Å². The molecule has 9 heteroatoms. The van der Waals surface area contributed by atoms with Crippen molar-refractivity contribution < 1.29 is 14.3 Å². The zero-order valence-electron chi connectivity index (χ0n) is 18.6. The van der Waals surface area contributed by atoms with Gasteiger partial charge in [-0.15, -0.1) is 0 Å². The van der Waals surface area contributed by atoms with E-state index in [0.29, 0.717) is 39.3 Å². The van der Waals surface area contributed by atoms with Crippen LogP contribution in [0.3, 0.4) is 0 Å². The van der Waals surface area contributed by atoms with Crippen molar-refractivity contribution in [3.05, 3.63) is 81.2 Å². The van der Waals surface area contributed by atoms with E-state index in [0.717, 1.165) is 11.4 Å². The fourth-order valence-electron chi connectivity index (χ4n) is 3.22. The molecule has 0 aliphatic heterocycles. The van der Waals surface area contributed by atoms with E-state index in [-0.39, 0.29) is 18.1 Å². The molecule has 2 aromatic carbocycles. The zero-order chi connectivity index (χ0) is 23.4. The van der Waals surface area contributed by atoms with Crippen LogP contribution in [0, 0.1) is 5.92 Å². The van der Waals surface area contributed by atoms with E-state index in [4.69, 9.17) is 9.47 Å². The summed E-state index contributed by atoms with van der Waals surface area (Å²) >= 11 is 1.42. The number of ether oxygens (including phenoxy) is 2. The highest BCUT2D eigenvalue weighted by Crippen LogP contribution is 2.21. The minimum absolute atomic E-state index is 0.149. The van der Waals surface area contributed by atoms with Crippen LogP contribution in [0.25, 0.3) is 4.96 Å². The molecule has 0 unspecified atom stereocenters. The van der Waals surface area contributed by atoms with Crippen molar-refractivity contribution in [2.45, 2.75) is 26.9 Å². The van der Waals surface area contributed by atoms with Crippen LogP contribution in [0.15, 0.2) is 59.4 Å². The second kappa shape index (κ2) is 9.83. The quantitative estimate of drug-likeness (QED) is 0.420. The number of nitrogens with zero attached hydrogens (tertiary/aromatic N) is 3. The van der Waals surface area contributed by atoms with Crippen molar-refractivity contribution in [3.8, 4) is 11.5 Å². The van der Waals surface area contributed by atoms with Crippen LogP contribution in [0.2, 0.25) is 0 Å². The van der Waals surface area contributed by atoms with Gasteiger partial charge in [0.2, 0.25) is 4.96 Å². The summed E-state index contributed by atoms with van der Waals surface area (Å²) in [5.74, 6) is 1.29. The van der Waals surface area contributed by atoms with Crippen LogP contribution in [0.4, 0.5) is 5.69 Å². The third kappa shape index (κ3) is 5.38. The lowest BCUT2D eigenvalue weighted by Gasteiger charge is -2.10. The number of nitrogens with one attached hydrogen (secondary N) is 1. The first-order valence-electron chi connectivity index (χ1n) is 10.5. The molecule has 2 aromatic heterocycles. The molecule has 4 rings (SSSR count).